The lowest BCUT2D eigenvalue weighted by molar-refractivity contribution is -0.327. The maximum atomic E-state index is 13.1. The summed E-state index contributed by atoms with van der Waals surface area (Å²) in [5, 5.41) is 90.5. The predicted octanol–water partition coefficient (Wildman–Crippen LogP) is -2.81. The summed E-state index contributed by atoms with van der Waals surface area (Å²) in [6, 6.07) is 4.15. The van der Waals surface area contributed by atoms with Gasteiger partial charge in [0.05, 0.1) is 38.6 Å². The fourth-order valence-electron chi connectivity index (χ4n) is 5.54. The minimum Gasteiger partial charge on any atom is -0.504 e. The normalized spacial score (nSPS) is 35.7. The van der Waals surface area contributed by atoms with E-state index in [-0.39, 0.29) is 35.7 Å². The molecule has 1 aromatic carbocycles. The molecule has 3 aliphatic rings. The summed E-state index contributed by atoms with van der Waals surface area (Å²) in [4.78, 5) is 25.7. The highest BCUT2D eigenvalue weighted by Gasteiger charge is 2.48. The van der Waals surface area contributed by atoms with Crippen LogP contribution in [0, 0.1) is 5.92 Å². The summed E-state index contributed by atoms with van der Waals surface area (Å²) < 4.78 is 37.9. The molecule has 4 rings (SSSR count). The van der Waals surface area contributed by atoms with Crippen LogP contribution >= 0.6 is 0 Å². The van der Waals surface area contributed by atoms with E-state index >= 15 is 0 Å². The number of carbonyl (C=O) groups excluding carboxylic acids is 2. The van der Waals surface area contributed by atoms with Crippen LogP contribution in [-0.4, -0.2) is 153 Å². The van der Waals surface area contributed by atoms with E-state index in [1.165, 1.54) is 18.2 Å². The van der Waals surface area contributed by atoms with Crippen molar-refractivity contribution in [2.45, 2.75) is 87.5 Å². The molecule has 2 saturated heterocycles. The van der Waals surface area contributed by atoms with E-state index in [1.54, 1.807) is 13.0 Å². The average Bonchev–Trinajstić information content (AvgIpc) is 3.09. The molecule has 3 heterocycles. The minimum atomic E-state index is -1.77. The van der Waals surface area contributed by atoms with Gasteiger partial charge in [-0.1, -0.05) is 12.1 Å². The van der Waals surface area contributed by atoms with Gasteiger partial charge in [0.1, 0.15) is 55.4 Å². The Morgan fingerprint density at radius 3 is 2.16 bits per heavy atom. The molecule has 1 aromatic rings. The molecule has 2 fully saturated rings. The third kappa shape index (κ3) is 8.86. The molecule has 0 saturated carbocycles. The van der Waals surface area contributed by atoms with Gasteiger partial charge in [0, 0.05) is 11.5 Å². The lowest BCUT2D eigenvalue weighted by Gasteiger charge is -2.42. The molecule has 0 amide bonds. The van der Waals surface area contributed by atoms with Gasteiger partial charge in [0.25, 0.3) is 0 Å². The van der Waals surface area contributed by atoms with Crippen molar-refractivity contribution in [2.24, 2.45) is 5.92 Å². The van der Waals surface area contributed by atoms with Crippen molar-refractivity contribution in [2.75, 3.05) is 26.9 Å². The second-order valence-corrected chi connectivity index (χ2v) is 11.6. The predicted molar refractivity (Wildman–Crippen MR) is 159 cm³/mol. The molecule has 18 nitrogen and oxygen atoms in total. The van der Waals surface area contributed by atoms with E-state index in [1.807, 2.05) is 0 Å². The van der Waals surface area contributed by atoms with E-state index in [9.17, 15) is 55.5 Å². The second kappa shape index (κ2) is 17.0. The van der Waals surface area contributed by atoms with E-state index < -0.39 is 105 Å². The molecule has 0 radical (unpaired) electrons. The van der Waals surface area contributed by atoms with Crippen LogP contribution in [0.1, 0.15) is 18.9 Å². The average molecular weight is 703 g/mol. The van der Waals surface area contributed by atoms with Gasteiger partial charge in [-0.25, -0.2) is 4.79 Å². The first kappa shape index (κ1) is 38.4. The molecule has 0 aromatic heterocycles. The Kier molecular flexibility index (Phi) is 13.3. The quantitative estimate of drug-likeness (QED) is 0.0604. The number of methoxy groups -OCH3 is 1. The molecule has 3 aliphatic heterocycles. The third-order valence-electron chi connectivity index (χ3n) is 8.39. The first-order chi connectivity index (χ1) is 23.3. The summed E-state index contributed by atoms with van der Waals surface area (Å²) in [6.07, 6.45) is -15.1. The first-order valence-corrected chi connectivity index (χ1v) is 15.3. The standard InChI is InChI=1S/C31H42O18/c1-3-14-15(16(28(42)43-2)11-46-29(14)49-31-27(41)24(38)22(36)19(10-32)47-31)9-21(35)45-12-20-23(37)25(39)26(40)30(48-20)44-7-6-13-4-5-17(33)18(34)8-13/h3-5,8,11,15,19-20,22-27,29-34,36-41H,6-7,9-10,12H2,1-2H3/t15-,19-,20+,22+,23+,24-,25-,26+,27+,29-,30+,31-/m0/s1. The number of carbonyl (C=O) groups is 2. The van der Waals surface area contributed by atoms with Crippen molar-refractivity contribution in [3.05, 3.63) is 47.2 Å². The number of rotatable bonds is 12. The molecule has 0 spiro atoms. The fourth-order valence-corrected chi connectivity index (χ4v) is 5.54. The number of hydrogen-bond donors (Lipinski definition) is 9. The van der Waals surface area contributed by atoms with Crippen molar-refractivity contribution < 1.29 is 88.7 Å². The van der Waals surface area contributed by atoms with Gasteiger partial charge in [-0.15, -0.1) is 0 Å². The number of benzene rings is 1. The molecule has 0 bridgehead atoms. The van der Waals surface area contributed by atoms with Crippen molar-refractivity contribution in [3.8, 4) is 11.5 Å². The number of esters is 2. The number of hydrogen-bond acceptors (Lipinski definition) is 18. The molecule has 0 aliphatic carbocycles. The molecule has 9 N–H and O–H groups in total. The molecular formula is C31H42O18. The largest absolute Gasteiger partial charge is 0.504 e. The Morgan fingerprint density at radius 2 is 1.53 bits per heavy atom. The van der Waals surface area contributed by atoms with E-state index in [0.29, 0.717) is 5.56 Å². The van der Waals surface area contributed by atoms with E-state index in [0.717, 1.165) is 13.4 Å². The van der Waals surface area contributed by atoms with Crippen LogP contribution in [0.15, 0.2) is 41.7 Å². The zero-order valence-corrected chi connectivity index (χ0v) is 26.5. The highest BCUT2D eigenvalue weighted by atomic mass is 16.8. The number of ether oxygens (including phenoxy) is 7. The number of phenols is 2. The topological polar surface area (TPSA) is 281 Å². The van der Waals surface area contributed by atoms with Crippen LogP contribution in [0.25, 0.3) is 0 Å². The number of aliphatic hydroxyl groups excluding tert-OH is 7. The maximum absolute atomic E-state index is 13.1. The van der Waals surface area contributed by atoms with E-state index in [2.05, 4.69) is 0 Å². The number of allylic oxidation sites excluding steroid dienone is 1. The van der Waals surface area contributed by atoms with Crippen LogP contribution in [0.5, 0.6) is 11.5 Å². The Bertz CT molecular complexity index is 1350. The molecule has 274 valence electrons. The number of phenolic OH excluding ortho intramolecular Hbond substituents is 2. The number of aliphatic hydroxyl groups is 7. The summed E-state index contributed by atoms with van der Waals surface area (Å²) in [6.45, 7) is 0.170. The van der Waals surface area contributed by atoms with Gasteiger partial charge in [0.2, 0.25) is 6.29 Å². The monoisotopic (exact) mass is 702 g/mol. The molecule has 49 heavy (non-hydrogen) atoms. The lowest BCUT2D eigenvalue weighted by atomic mass is 9.86. The van der Waals surface area contributed by atoms with Crippen molar-refractivity contribution >= 4 is 11.9 Å². The summed E-state index contributed by atoms with van der Waals surface area (Å²) in [5.41, 5.74) is 0.658. The summed E-state index contributed by atoms with van der Waals surface area (Å²) in [5.74, 6) is -3.47. The molecule has 12 atom stereocenters. The first-order valence-electron chi connectivity index (χ1n) is 15.3. The maximum Gasteiger partial charge on any atom is 0.337 e. The zero-order chi connectivity index (χ0) is 36.0. The van der Waals surface area contributed by atoms with Gasteiger partial charge >= 0.3 is 11.9 Å². The smallest absolute Gasteiger partial charge is 0.337 e. The van der Waals surface area contributed by atoms with E-state index in [4.69, 9.17) is 33.2 Å². The van der Waals surface area contributed by atoms with Crippen LogP contribution in [0.3, 0.4) is 0 Å². The Labute approximate surface area is 279 Å². The van der Waals surface area contributed by atoms with Crippen LogP contribution < -0.4 is 0 Å². The molecular weight excluding hydrogens is 660 g/mol. The highest BCUT2D eigenvalue weighted by molar-refractivity contribution is 5.90. The van der Waals surface area contributed by atoms with Crippen LogP contribution in [0.2, 0.25) is 0 Å². The molecule has 18 heteroatoms. The van der Waals surface area contributed by atoms with Gasteiger partial charge in [0.15, 0.2) is 24.1 Å². The molecule has 0 unspecified atom stereocenters. The Balaban J connectivity index is 1.39. The van der Waals surface area contributed by atoms with Gasteiger partial charge in [-0.2, -0.15) is 0 Å². The highest BCUT2D eigenvalue weighted by Crippen LogP contribution is 2.36. The van der Waals surface area contributed by atoms with Crippen molar-refractivity contribution in [1.29, 1.82) is 0 Å². The van der Waals surface area contributed by atoms with Gasteiger partial charge in [-0.3, -0.25) is 4.79 Å². The Hall–Kier alpha value is -3.40. The van der Waals surface area contributed by atoms with Gasteiger partial charge < -0.3 is 79.1 Å². The van der Waals surface area contributed by atoms with Crippen LogP contribution in [-0.2, 0) is 49.2 Å². The fraction of sp³-hybridized carbons (Fsp3) is 0.613. The second-order valence-electron chi connectivity index (χ2n) is 11.6. The zero-order valence-electron chi connectivity index (χ0n) is 26.5. The summed E-state index contributed by atoms with van der Waals surface area (Å²) >= 11 is 0. The summed E-state index contributed by atoms with van der Waals surface area (Å²) in [7, 11) is 1.11. The lowest BCUT2D eigenvalue weighted by Crippen LogP contribution is -2.60. The van der Waals surface area contributed by atoms with Crippen LogP contribution in [0.4, 0.5) is 0 Å². The Morgan fingerprint density at radius 1 is 0.878 bits per heavy atom. The van der Waals surface area contributed by atoms with Crippen molar-refractivity contribution in [3.63, 3.8) is 0 Å². The minimum absolute atomic E-state index is 0.0633. The third-order valence-corrected chi connectivity index (χ3v) is 8.39. The number of aromatic hydroxyl groups is 2. The SMILES string of the molecule is CC=C1[C@H](O[C@@H]2O[C@@H](CO)[C@@H](O)[C@H](O)[C@H]2O)OC=C(C(=O)OC)[C@H]1CC(=O)OC[C@H]1O[C@@H](OCCc2ccc(O)c(O)c2)[C@H](O)[C@@H](O)[C@@H]1O. The van der Waals surface area contributed by atoms with Gasteiger partial charge in [-0.05, 0) is 31.0 Å². The van der Waals surface area contributed by atoms with Crippen molar-refractivity contribution in [1.82, 2.24) is 0 Å².